The number of aromatic nitrogens is 1. The molecule has 0 spiro atoms. The molecule has 2 N–H and O–H groups in total. The summed E-state index contributed by atoms with van der Waals surface area (Å²) in [5.74, 6) is -0.00119. The third-order valence-electron chi connectivity index (χ3n) is 4.24. The van der Waals surface area contributed by atoms with E-state index in [2.05, 4.69) is 10.3 Å². The molecule has 0 radical (unpaired) electrons. The van der Waals surface area contributed by atoms with Gasteiger partial charge in [0.15, 0.2) is 11.5 Å². The highest BCUT2D eigenvalue weighted by Crippen LogP contribution is 2.27. The largest absolute Gasteiger partial charge is 0.493 e. The average Bonchev–Trinajstić information content (AvgIpc) is 3.10. The van der Waals surface area contributed by atoms with Crippen LogP contribution in [0.5, 0.6) is 11.5 Å². The predicted molar refractivity (Wildman–Crippen MR) is 104 cm³/mol. The zero-order valence-electron chi connectivity index (χ0n) is 15.0. The molecule has 140 valence electrons. The lowest BCUT2D eigenvalue weighted by atomic mass is 10.1. The van der Waals surface area contributed by atoms with Gasteiger partial charge in [-0.15, -0.1) is 0 Å². The summed E-state index contributed by atoms with van der Waals surface area (Å²) in [6.45, 7) is 0.323. The molecule has 1 aromatic heterocycles. The van der Waals surface area contributed by atoms with Crippen molar-refractivity contribution < 1.29 is 19.1 Å². The number of carbonyl (C=O) groups excluding carboxylic acids is 2. The number of ketones is 1. The maximum Gasteiger partial charge on any atom is 0.292 e. The van der Waals surface area contributed by atoms with Crippen molar-refractivity contribution >= 4 is 34.2 Å². The third kappa shape index (κ3) is 4.06. The fourth-order valence-corrected chi connectivity index (χ4v) is 3.01. The Morgan fingerprint density at radius 3 is 2.59 bits per heavy atom. The van der Waals surface area contributed by atoms with Crippen LogP contribution in [0.1, 0.15) is 15.9 Å². The summed E-state index contributed by atoms with van der Waals surface area (Å²) in [4.78, 5) is 27.6. The second kappa shape index (κ2) is 8.14. The Hall–Kier alpha value is -2.99. The van der Waals surface area contributed by atoms with E-state index >= 15 is 0 Å². The van der Waals surface area contributed by atoms with Gasteiger partial charge in [0.25, 0.3) is 11.7 Å². The Kier molecular flexibility index (Phi) is 5.66. The molecule has 1 amide bonds. The molecule has 1 heterocycles. The fraction of sp³-hybridized carbons (Fsp3) is 0.200. The van der Waals surface area contributed by atoms with Gasteiger partial charge in [-0.25, -0.2) is 0 Å². The highest BCUT2D eigenvalue weighted by atomic mass is 35.5. The maximum atomic E-state index is 12.4. The first-order chi connectivity index (χ1) is 13.0. The van der Waals surface area contributed by atoms with Crippen LogP contribution in [0.3, 0.4) is 0 Å². The second-order valence-corrected chi connectivity index (χ2v) is 6.35. The Morgan fingerprint density at radius 2 is 1.85 bits per heavy atom. The van der Waals surface area contributed by atoms with Crippen LogP contribution >= 0.6 is 11.6 Å². The van der Waals surface area contributed by atoms with Crippen molar-refractivity contribution in [3.05, 3.63) is 58.7 Å². The molecule has 0 saturated carbocycles. The smallest absolute Gasteiger partial charge is 0.292 e. The molecule has 0 aliphatic carbocycles. The normalized spacial score (nSPS) is 10.6. The van der Waals surface area contributed by atoms with Crippen molar-refractivity contribution in [3.8, 4) is 11.5 Å². The number of ether oxygens (including phenoxy) is 2. The fourth-order valence-electron chi connectivity index (χ4n) is 2.84. The highest BCUT2D eigenvalue weighted by molar-refractivity contribution is 6.45. The monoisotopic (exact) mass is 386 g/mol. The number of halogens is 1. The van der Waals surface area contributed by atoms with Crippen LogP contribution in [0.25, 0.3) is 10.9 Å². The molecule has 0 aliphatic heterocycles. The summed E-state index contributed by atoms with van der Waals surface area (Å²) in [7, 11) is 3.14. The Balaban J connectivity index is 1.63. The minimum absolute atomic E-state index is 0.302. The molecule has 0 saturated heterocycles. The van der Waals surface area contributed by atoms with E-state index < -0.39 is 11.7 Å². The number of methoxy groups -OCH3 is 2. The van der Waals surface area contributed by atoms with Gasteiger partial charge in [0.2, 0.25) is 0 Å². The molecule has 6 nitrogen and oxygen atoms in total. The van der Waals surface area contributed by atoms with E-state index in [0.717, 1.165) is 11.1 Å². The molecule has 0 bridgehead atoms. The highest BCUT2D eigenvalue weighted by Gasteiger charge is 2.19. The van der Waals surface area contributed by atoms with Crippen molar-refractivity contribution in [3.63, 3.8) is 0 Å². The molecule has 3 aromatic rings. The third-order valence-corrected chi connectivity index (χ3v) is 4.48. The van der Waals surface area contributed by atoms with Crippen LogP contribution in [-0.4, -0.2) is 37.4 Å². The van der Waals surface area contributed by atoms with Gasteiger partial charge in [-0.1, -0.05) is 17.7 Å². The molecule has 3 rings (SSSR count). The molecule has 2 aromatic carbocycles. The molecule has 27 heavy (non-hydrogen) atoms. The molecule has 0 unspecified atom stereocenters. The van der Waals surface area contributed by atoms with Crippen molar-refractivity contribution in [1.29, 1.82) is 0 Å². The van der Waals surface area contributed by atoms with Gasteiger partial charge in [-0.2, -0.15) is 0 Å². The van der Waals surface area contributed by atoms with Crippen molar-refractivity contribution in [2.45, 2.75) is 6.42 Å². The van der Waals surface area contributed by atoms with E-state index in [9.17, 15) is 9.59 Å². The lowest BCUT2D eigenvalue weighted by molar-refractivity contribution is -0.116. The van der Waals surface area contributed by atoms with Crippen LogP contribution in [0.15, 0.2) is 42.6 Å². The number of Topliss-reactive ketones (excluding diaryl/α,β-unsaturated/α-hetero) is 1. The zero-order chi connectivity index (χ0) is 19.4. The molecule has 0 fully saturated rings. The molecule has 0 aliphatic rings. The Labute approximate surface area is 161 Å². The number of carbonyl (C=O) groups is 2. The quantitative estimate of drug-likeness (QED) is 0.482. The van der Waals surface area contributed by atoms with Crippen molar-refractivity contribution in [2.75, 3.05) is 20.8 Å². The first kappa shape index (κ1) is 18.8. The number of amides is 1. The number of H-pyrrole nitrogens is 1. The van der Waals surface area contributed by atoms with Gasteiger partial charge in [-0.05, 0) is 42.3 Å². The standard InChI is InChI=1S/C20H19ClN2O4/c1-26-17-6-3-12(9-18(17)27-2)7-8-22-20(25)19(24)15-11-23-16-5-4-13(21)10-14(15)16/h3-6,9-11,23H,7-8H2,1-2H3,(H,22,25). The first-order valence-electron chi connectivity index (χ1n) is 8.33. The lowest BCUT2D eigenvalue weighted by Crippen LogP contribution is -2.32. The number of rotatable bonds is 7. The minimum Gasteiger partial charge on any atom is -0.493 e. The first-order valence-corrected chi connectivity index (χ1v) is 8.71. The van der Waals surface area contributed by atoms with Crippen molar-refractivity contribution in [1.82, 2.24) is 10.3 Å². The predicted octanol–water partition coefficient (Wildman–Crippen LogP) is 3.38. The summed E-state index contributed by atoms with van der Waals surface area (Å²) < 4.78 is 10.5. The SMILES string of the molecule is COc1ccc(CCNC(=O)C(=O)c2c[nH]c3ccc(Cl)cc23)cc1OC. The Morgan fingerprint density at radius 1 is 1.07 bits per heavy atom. The molecule has 7 heteroatoms. The van der Waals surface area contributed by atoms with E-state index in [1.807, 2.05) is 12.1 Å². The second-order valence-electron chi connectivity index (χ2n) is 5.92. The van der Waals surface area contributed by atoms with E-state index in [1.54, 1.807) is 38.5 Å². The molecule has 0 atom stereocenters. The van der Waals surface area contributed by atoms with E-state index in [-0.39, 0.29) is 0 Å². The number of aromatic amines is 1. The number of hydrogen-bond acceptors (Lipinski definition) is 4. The number of fused-ring (bicyclic) bond motifs is 1. The Bertz CT molecular complexity index is 997. The van der Waals surface area contributed by atoms with Gasteiger partial charge >= 0.3 is 0 Å². The molecular formula is C20H19ClN2O4. The summed E-state index contributed by atoms with van der Waals surface area (Å²) >= 11 is 5.98. The van der Waals surface area contributed by atoms with Crippen LogP contribution in [0, 0.1) is 0 Å². The maximum absolute atomic E-state index is 12.4. The number of hydrogen-bond donors (Lipinski definition) is 2. The summed E-state index contributed by atoms with van der Waals surface area (Å²) in [6.07, 6.45) is 2.08. The van der Waals surface area contributed by atoms with Gasteiger partial charge in [0.1, 0.15) is 0 Å². The summed E-state index contributed by atoms with van der Waals surface area (Å²) in [5, 5.41) is 3.79. The van der Waals surface area contributed by atoms with Gasteiger partial charge in [-0.3, -0.25) is 9.59 Å². The average molecular weight is 387 g/mol. The summed E-state index contributed by atoms with van der Waals surface area (Å²) in [5.41, 5.74) is 2.01. The van der Waals surface area contributed by atoms with E-state index in [4.69, 9.17) is 21.1 Å². The molecular weight excluding hydrogens is 368 g/mol. The minimum atomic E-state index is -0.656. The van der Waals surface area contributed by atoms with Crippen LogP contribution in [-0.2, 0) is 11.2 Å². The van der Waals surface area contributed by atoms with Crippen LogP contribution < -0.4 is 14.8 Å². The summed E-state index contributed by atoms with van der Waals surface area (Å²) in [6, 6.07) is 10.7. The van der Waals surface area contributed by atoms with Crippen molar-refractivity contribution in [2.24, 2.45) is 0 Å². The number of nitrogens with one attached hydrogen (secondary N) is 2. The van der Waals surface area contributed by atoms with E-state index in [0.29, 0.717) is 40.4 Å². The zero-order valence-corrected chi connectivity index (χ0v) is 15.7. The van der Waals surface area contributed by atoms with Gasteiger partial charge < -0.3 is 19.8 Å². The van der Waals surface area contributed by atoms with Gasteiger partial charge in [0, 0.05) is 28.7 Å². The topological polar surface area (TPSA) is 80.4 Å². The van der Waals surface area contributed by atoms with Crippen LogP contribution in [0.2, 0.25) is 5.02 Å². The van der Waals surface area contributed by atoms with Gasteiger partial charge in [0.05, 0.1) is 19.8 Å². The van der Waals surface area contributed by atoms with E-state index in [1.165, 1.54) is 6.20 Å². The number of benzene rings is 2. The lowest BCUT2D eigenvalue weighted by Gasteiger charge is -2.10. The van der Waals surface area contributed by atoms with Crippen LogP contribution in [0.4, 0.5) is 0 Å².